The van der Waals surface area contributed by atoms with Crippen molar-refractivity contribution < 1.29 is 0 Å². The van der Waals surface area contributed by atoms with Crippen molar-refractivity contribution in [3.05, 3.63) is 63.6 Å². The molecule has 0 heterocycles. The van der Waals surface area contributed by atoms with Crippen molar-refractivity contribution in [2.75, 3.05) is 19.4 Å². The van der Waals surface area contributed by atoms with E-state index in [0.717, 1.165) is 10.2 Å². The molecular weight excluding hydrogens is 300 g/mol. The summed E-state index contributed by atoms with van der Waals surface area (Å²) < 4.78 is 1.11. The summed E-state index contributed by atoms with van der Waals surface area (Å²) in [6.07, 6.45) is 0. The van der Waals surface area contributed by atoms with E-state index in [0.29, 0.717) is 0 Å². The molecule has 0 spiro atoms. The maximum Gasteiger partial charge on any atom is 0.0577 e. The van der Waals surface area contributed by atoms with Crippen LogP contribution in [0.3, 0.4) is 0 Å². The Labute approximate surface area is 123 Å². The number of hydrogen-bond donors (Lipinski definition) is 2. The lowest BCUT2D eigenvalue weighted by Gasteiger charge is -2.20. The predicted molar refractivity (Wildman–Crippen MR) is 85.8 cm³/mol. The first kappa shape index (κ1) is 14.1. The lowest BCUT2D eigenvalue weighted by molar-refractivity contribution is 0.687. The third-order valence-corrected chi connectivity index (χ3v) is 3.87. The predicted octanol–water partition coefficient (Wildman–Crippen LogP) is 4.11. The molecule has 2 aromatic rings. The van der Waals surface area contributed by atoms with Crippen molar-refractivity contribution in [1.29, 1.82) is 0 Å². The Kier molecular flexibility index (Phi) is 4.61. The summed E-state index contributed by atoms with van der Waals surface area (Å²) in [5.41, 5.74) is 4.99. The van der Waals surface area contributed by atoms with E-state index in [1.807, 2.05) is 14.1 Å². The van der Waals surface area contributed by atoms with Gasteiger partial charge in [-0.2, -0.15) is 0 Å². The average Bonchev–Trinajstić information content (AvgIpc) is 2.44. The van der Waals surface area contributed by atoms with Gasteiger partial charge in [0.1, 0.15) is 0 Å². The van der Waals surface area contributed by atoms with Gasteiger partial charge in [0.15, 0.2) is 0 Å². The Balaban J connectivity index is 2.40. The van der Waals surface area contributed by atoms with E-state index in [1.54, 1.807) is 0 Å². The van der Waals surface area contributed by atoms with Gasteiger partial charge in [0, 0.05) is 17.2 Å². The second kappa shape index (κ2) is 6.22. The van der Waals surface area contributed by atoms with Crippen LogP contribution in [0.2, 0.25) is 0 Å². The Bertz CT molecular complexity index is 549. The van der Waals surface area contributed by atoms with Crippen molar-refractivity contribution in [2.45, 2.75) is 13.0 Å². The standard InChI is InChI=1S/C16H19BrN2/c1-11-4-7-13(17)10-15(11)16(19-3)12-5-8-14(18-2)9-6-12/h4-10,16,18-19H,1-3H3. The summed E-state index contributed by atoms with van der Waals surface area (Å²) in [4.78, 5) is 0. The largest absolute Gasteiger partial charge is 0.388 e. The molecule has 2 N–H and O–H groups in total. The molecule has 0 aliphatic rings. The monoisotopic (exact) mass is 318 g/mol. The van der Waals surface area contributed by atoms with Gasteiger partial charge in [0.25, 0.3) is 0 Å². The molecule has 2 nitrogen and oxygen atoms in total. The fraction of sp³-hybridized carbons (Fsp3) is 0.250. The first-order chi connectivity index (χ1) is 9.15. The number of benzene rings is 2. The highest BCUT2D eigenvalue weighted by Crippen LogP contribution is 2.28. The highest BCUT2D eigenvalue weighted by atomic mass is 79.9. The summed E-state index contributed by atoms with van der Waals surface area (Å²) in [7, 11) is 3.93. The van der Waals surface area contributed by atoms with Crippen LogP contribution in [-0.2, 0) is 0 Å². The van der Waals surface area contributed by atoms with E-state index in [2.05, 4.69) is 76.0 Å². The molecule has 0 bridgehead atoms. The quantitative estimate of drug-likeness (QED) is 0.886. The SMILES string of the molecule is CNc1ccc(C(NC)c2cc(Br)ccc2C)cc1. The minimum atomic E-state index is 0.211. The smallest absolute Gasteiger partial charge is 0.0577 e. The van der Waals surface area contributed by atoms with Gasteiger partial charge in [0.2, 0.25) is 0 Å². The molecule has 0 fully saturated rings. The van der Waals surface area contributed by atoms with Gasteiger partial charge >= 0.3 is 0 Å². The molecule has 0 aliphatic carbocycles. The number of nitrogens with one attached hydrogen (secondary N) is 2. The van der Waals surface area contributed by atoms with Crippen molar-refractivity contribution in [3.63, 3.8) is 0 Å². The molecule has 2 aromatic carbocycles. The van der Waals surface area contributed by atoms with Gasteiger partial charge in [-0.3, -0.25) is 0 Å². The van der Waals surface area contributed by atoms with Gasteiger partial charge in [0.05, 0.1) is 6.04 Å². The van der Waals surface area contributed by atoms with E-state index in [-0.39, 0.29) is 6.04 Å². The zero-order chi connectivity index (χ0) is 13.8. The fourth-order valence-corrected chi connectivity index (χ4v) is 2.65. The van der Waals surface area contributed by atoms with Crippen molar-refractivity contribution in [2.24, 2.45) is 0 Å². The zero-order valence-electron chi connectivity index (χ0n) is 11.5. The third kappa shape index (κ3) is 3.17. The normalized spacial score (nSPS) is 12.2. The molecule has 100 valence electrons. The van der Waals surface area contributed by atoms with Crippen molar-refractivity contribution >= 4 is 21.6 Å². The number of aryl methyl sites for hydroxylation is 1. The van der Waals surface area contributed by atoms with Crippen LogP contribution in [0.15, 0.2) is 46.9 Å². The van der Waals surface area contributed by atoms with Gasteiger partial charge in [-0.15, -0.1) is 0 Å². The lowest BCUT2D eigenvalue weighted by atomic mass is 9.95. The molecule has 0 aromatic heterocycles. The number of rotatable bonds is 4. The van der Waals surface area contributed by atoms with E-state index in [1.165, 1.54) is 16.7 Å². The first-order valence-corrected chi connectivity index (χ1v) is 7.16. The topological polar surface area (TPSA) is 24.1 Å². The van der Waals surface area contributed by atoms with Crippen LogP contribution in [-0.4, -0.2) is 14.1 Å². The summed E-state index contributed by atoms with van der Waals surface area (Å²) in [5, 5.41) is 6.54. The molecule has 0 saturated heterocycles. The Hall–Kier alpha value is -1.32. The van der Waals surface area contributed by atoms with Crippen LogP contribution >= 0.6 is 15.9 Å². The fourth-order valence-electron chi connectivity index (χ4n) is 2.27. The molecule has 3 heteroatoms. The van der Waals surface area contributed by atoms with Crippen LogP contribution < -0.4 is 10.6 Å². The number of hydrogen-bond acceptors (Lipinski definition) is 2. The summed E-state index contributed by atoms with van der Waals surface area (Å²) >= 11 is 3.55. The van der Waals surface area contributed by atoms with Crippen LogP contribution in [0.5, 0.6) is 0 Å². The van der Waals surface area contributed by atoms with Crippen LogP contribution in [0, 0.1) is 6.92 Å². The zero-order valence-corrected chi connectivity index (χ0v) is 13.1. The van der Waals surface area contributed by atoms with E-state index in [9.17, 15) is 0 Å². The van der Waals surface area contributed by atoms with Crippen LogP contribution in [0.1, 0.15) is 22.7 Å². The summed E-state index contributed by atoms with van der Waals surface area (Å²) in [6.45, 7) is 2.15. The molecule has 1 atom stereocenters. The van der Waals surface area contributed by atoms with Gasteiger partial charge in [-0.1, -0.05) is 34.1 Å². The van der Waals surface area contributed by atoms with Crippen LogP contribution in [0.25, 0.3) is 0 Å². The number of halogens is 1. The van der Waals surface area contributed by atoms with Crippen molar-refractivity contribution in [1.82, 2.24) is 5.32 Å². The van der Waals surface area contributed by atoms with Gasteiger partial charge in [-0.05, 0) is 54.9 Å². The molecule has 2 rings (SSSR count). The lowest BCUT2D eigenvalue weighted by Crippen LogP contribution is -2.18. The minimum Gasteiger partial charge on any atom is -0.388 e. The highest BCUT2D eigenvalue weighted by molar-refractivity contribution is 9.10. The second-order valence-corrected chi connectivity index (χ2v) is 5.51. The minimum absolute atomic E-state index is 0.211. The summed E-state index contributed by atoms with van der Waals surface area (Å²) in [6, 6.07) is 15.1. The van der Waals surface area contributed by atoms with E-state index in [4.69, 9.17) is 0 Å². The molecular formula is C16H19BrN2. The Morgan fingerprint density at radius 2 is 1.68 bits per heavy atom. The van der Waals surface area contributed by atoms with Crippen LogP contribution in [0.4, 0.5) is 5.69 Å². The molecule has 1 unspecified atom stereocenters. The maximum absolute atomic E-state index is 3.55. The highest BCUT2D eigenvalue weighted by Gasteiger charge is 2.14. The molecule has 0 aliphatic heterocycles. The Morgan fingerprint density at radius 3 is 2.26 bits per heavy atom. The van der Waals surface area contributed by atoms with E-state index >= 15 is 0 Å². The van der Waals surface area contributed by atoms with Crippen molar-refractivity contribution in [3.8, 4) is 0 Å². The Morgan fingerprint density at radius 1 is 1.00 bits per heavy atom. The maximum atomic E-state index is 3.55. The van der Waals surface area contributed by atoms with Gasteiger partial charge < -0.3 is 10.6 Å². The third-order valence-electron chi connectivity index (χ3n) is 3.37. The van der Waals surface area contributed by atoms with E-state index < -0.39 is 0 Å². The summed E-state index contributed by atoms with van der Waals surface area (Å²) in [5.74, 6) is 0. The number of anilines is 1. The second-order valence-electron chi connectivity index (χ2n) is 4.59. The molecule has 0 saturated carbocycles. The molecule has 0 amide bonds. The molecule has 0 radical (unpaired) electrons. The molecule has 19 heavy (non-hydrogen) atoms. The average molecular weight is 319 g/mol. The van der Waals surface area contributed by atoms with Gasteiger partial charge in [-0.25, -0.2) is 0 Å². The first-order valence-electron chi connectivity index (χ1n) is 6.36.